The van der Waals surface area contributed by atoms with Crippen molar-refractivity contribution in [3.05, 3.63) is 96.2 Å². The lowest BCUT2D eigenvalue weighted by Crippen LogP contribution is -2.02. The molecule has 1 heterocycles. The first kappa shape index (κ1) is 17.0. The smallest absolute Gasteiger partial charge is 0.163 e. The van der Waals surface area contributed by atoms with E-state index in [0.29, 0.717) is 17.9 Å². The van der Waals surface area contributed by atoms with Gasteiger partial charge in [0.25, 0.3) is 0 Å². The molecule has 0 aliphatic carbocycles. The van der Waals surface area contributed by atoms with Crippen LogP contribution in [0.5, 0.6) is 5.75 Å². The van der Waals surface area contributed by atoms with Crippen LogP contribution in [0.25, 0.3) is 22.0 Å². The standard InChI is InChI=1S/C24H19NO2/c1-17(26)22-14-19(21-13-20-9-5-6-10-23(20)25-15-21)11-12-24(22)27-16-18-7-3-2-4-8-18/h2-15H,16H2,1H3. The van der Waals surface area contributed by atoms with E-state index in [0.717, 1.165) is 27.6 Å². The second kappa shape index (κ2) is 7.42. The Bertz CT molecular complexity index is 1100. The molecule has 0 radical (unpaired) electrons. The molecule has 132 valence electrons. The number of para-hydroxylation sites is 1. The second-order valence-electron chi connectivity index (χ2n) is 6.46. The lowest BCUT2D eigenvalue weighted by Gasteiger charge is -2.12. The highest BCUT2D eigenvalue weighted by atomic mass is 16.5. The SMILES string of the molecule is CC(=O)c1cc(-c2cnc3ccccc3c2)ccc1OCc1ccccc1. The van der Waals surface area contributed by atoms with Crippen LogP contribution in [0.2, 0.25) is 0 Å². The topological polar surface area (TPSA) is 39.2 Å². The number of ketones is 1. The summed E-state index contributed by atoms with van der Waals surface area (Å²) in [6.07, 6.45) is 1.84. The van der Waals surface area contributed by atoms with E-state index in [1.165, 1.54) is 0 Å². The van der Waals surface area contributed by atoms with Crippen LogP contribution in [-0.2, 0) is 6.61 Å². The highest BCUT2D eigenvalue weighted by molar-refractivity contribution is 5.98. The number of pyridine rings is 1. The Morgan fingerprint density at radius 3 is 2.48 bits per heavy atom. The number of carbonyl (C=O) groups excluding carboxylic acids is 1. The van der Waals surface area contributed by atoms with Crippen LogP contribution in [0.1, 0.15) is 22.8 Å². The van der Waals surface area contributed by atoms with Crippen LogP contribution in [-0.4, -0.2) is 10.8 Å². The van der Waals surface area contributed by atoms with E-state index in [2.05, 4.69) is 11.1 Å². The van der Waals surface area contributed by atoms with Crippen LogP contribution in [0.3, 0.4) is 0 Å². The Hall–Kier alpha value is -3.46. The van der Waals surface area contributed by atoms with Gasteiger partial charge in [0.2, 0.25) is 0 Å². The Kier molecular flexibility index (Phi) is 4.67. The Balaban J connectivity index is 1.66. The van der Waals surface area contributed by atoms with E-state index in [9.17, 15) is 4.79 Å². The summed E-state index contributed by atoms with van der Waals surface area (Å²) in [5.41, 5.74) is 4.53. The van der Waals surface area contributed by atoms with Crippen molar-refractivity contribution < 1.29 is 9.53 Å². The number of rotatable bonds is 5. The maximum absolute atomic E-state index is 12.2. The Labute approximate surface area is 158 Å². The summed E-state index contributed by atoms with van der Waals surface area (Å²) >= 11 is 0. The molecule has 0 N–H and O–H groups in total. The fourth-order valence-corrected chi connectivity index (χ4v) is 3.07. The number of carbonyl (C=O) groups is 1. The van der Waals surface area contributed by atoms with Gasteiger partial charge >= 0.3 is 0 Å². The van der Waals surface area contributed by atoms with Crippen LogP contribution < -0.4 is 4.74 Å². The fourth-order valence-electron chi connectivity index (χ4n) is 3.07. The molecule has 0 saturated carbocycles. The number of Topliss-reactive ketones (excluding diaryl/α,β-unsaturated/α-hetero) is 1. The monoisotopic (exact) mass is 353 g/mol. The van der Waals surface area contributed by atoms with Gasteiger partial charge in [0.15, 0.2) is 5.78 Å². The molecule has 1 aromatic heterocycles. The first-order chi connectivity index (χ1) is 13.2. The third-order valence-electron chi connectivity index (χ3n) is 4.52. The summed E-state index contributed by atoms with van der Waals surface area (Å²) in [5, 5.41) is 1.07. The van der Waals surface area contributed by atoms with Gasteiger partial charge in [-0.15, -0.1) is 0 Å². The van der Waals surface area contributed by atoms with Crippen LogP contribution in [0, 0.1) is 0 Å². The van der Waals surface area contributed by atoms with E-state index in [-0.39, 0.29) is 5.78 Å². The van der Waals surface area contributed by atoms with Gasteiger partial charge in [-0.1, -0.05) is 54.6 Å². The highest BCUT2D eigenvalue weighted by Gasteiger charge is 2.12. The fraction of sp³-hybridized carbons (Fsp3) is 0.0833. The van der Waals surface area contributed by atoms with Crippen molar-refractivity contribution in [1.29, 1.82) is 0 Å². The first-order valence-corrected chi connectivity index (χ1v) is 8.87. The van der Waals surface area contributed by atoms with E-state index in [1.54, 1.807) is 6.92 Å². The van der Waals surface area contributed by atoms with Gasteiger partial charge < -0.3 is 4.74 Å². The minimum absolute atomic E-state index is 0.0198. The Morgan fingerprint density at radius 2 is 1.67 bits per heavy atom. The van der Waals surface area contributed by atoms with E-state index in [4.69, 9.17) is 4.74 Å². The molecule has 0 aliphatic rings. The summed E-state index contributed by atoms with van der Waals surface area (Å²) in [6.45, 7) is 1.99. The number of aromatic nitrogens is 1. The third kappa shape index (κ3) is 3.72. The van der Waals surface area contributed by atoms with Crippen molar-refractivity contribution >= 4 is 16.7 Å². The number of hydrogen-bond acceptors (Lipinski definition) is 3. The average Bonchev–Trinajstić information content (AvgIpc) is 2.72. The van der Waals surface area contributed by atoms with Crippen molar-refractivity contribution in [2.75, 3.05) is 0 Å². The quantitative estimate of drug-likeness (QED) is 0.433. The Morgan fingerprint density at radius 1 is 0.889 bits per heavy atom. The normalized spacial score (nSPS) is 10.7. The summed E-state index contributed by atoms with van der Waals surface area (Å²) in [5.74, 6) is 0.581. The number of benzene rings is 3. The maximum Gasteiger partial charge on any atom is 0.163 e. The molecule has 3 nitrogen and oxygen atoms in total. The van der Waals surface area contributed by atoms with Crippen molar-refractivity contribution in [2.24, 2.45) is 0 Å². The molecule has 4 rings (SSSR count). The zero-order chi connectivity index (χ0) is 18.6. The van der Waals surface area contributed by atoms with Crippen molar-refractivity contribution in [2.45, 2.75) is 13.5 Å². The molecule has 0 spiro atoms. The van der Waals surface area contributed by atoms with E-state index < -0.39 is 0 Å². The molecule has 0 atom stereocenters. The predicted molar refractivity (Wildman–Crippen MR) is 108 cm³/mol. The molecule has 0 amide bonds. The molecule has 27 heavy (non-hydrogen) atoms. The second-order valence-corrected chi connectivity index (χ2v) is 6.46. The molecular weight excluding hydrogens is 334 g/mol. The first-order valence-electron chi connectivity index (χ1n) is 8.87. The number of fused-ring (bicyclic) bond motifs is 1. The highest BCUT2D eigenvalue weighted by Crippen LogP contribution is 2.29. The number of nitrogens with zero attached hydrogens (tertiary/aromatic N) is 1. The van der Waals surface area contributed by atoms with Gasteiger partial charge in [0, 0.05) is 17.1 Å². The molecule has 0 fully saturated rings. The molecule has 3 aromatic carbocycles. The van der Waals surface area contributed by atoms with Gasteiger partial charge in [0.1, 0.15) is 12.4 Å². The molecule has 0 saturated heterocycles. The summed E-state index contributed by atoms with van der Waals surface area (Å²) in [7, 11) is 0. The van der Waals surface area contributed by atoms with Crippen molar-refractivity contribution in [3.63, 3.8) is 0 Å². The summed E-state index contributed by atoms with van der Waals surface area (Å²) in [6, 6.07) is 25.7. The van der Waals surface area contributed by atoms with Crippen LogP contribution in [0.15, 0.2) is 85.1 Å². The summed E-state index contributed by atoms with van der Waals surface area (Å²) < 4.78 is 5.91. The molecule has 0 unspecified atom stereocenters. The van der Waals surface area contributed by atoms with Gasteiger partial charge in [-0.3, -0.25) is 9.78 Å². The third-order valence-corrected chi connectivity index (χ3v) is 4.52. The lowest BCUT2D eigenvalue weighted by molar-refractivity contribution is 0.101. The van der Waals surface area contributed by atoms with Gasteiger partial charge in [-0.25, -0.2) is 0 Å². The van der Waals surface area contributed by atoms with E-state index >= 15 is 0 Å². The van der Waals surface area contributed by atoms with Crippen molar-refractivity contribution in [3.8, 4) is 16.9 Å². The lowest BCUT2D eigenvalue weighted by atomic mass is 10.0. The summed E-state index contributed by atoms with van der Waals surface area (Å²) in [4.78, 5) is 16.7. The minimum atomic E-state index is -0.0198. The van der Waals surface area contributed by atoms with Crippen molar-refractivity contribution in [1.82, 2.24) is 4.98 Å². The molecule has 4 aromatic rings. The number of hydrogen-bond donors (Lipinski definition) is 0. The van der Waals surface area contributed by atoms with Gasteiger partial charge in [-0.05, 0) is 42.3 Å². The van der Waals surface area contributed by atoms with Gasteiger partial charge in [0.05, 0.1) is 11.1 Å². The number of ether oxygens (including phenoxy) is 1. The minimum Gasteiger partial charge on any atom is -0.488 e. The predicted octanol–water partition coefficient (Wildman–Crippen LogP) is 5.68. The maximum atomic E-state index is 12.2. The molecule has 0 bridgehead atoms. The largest absolute Gasteiger partial charge is 0.488 e. The molecule has 0 aliphatic heterocycles. The van der Waals surface area contributed by atoms with Crippen LogP contribution >= 0.6 is 0 Å². The zero-order valence-electron chi connectivity index (χ0n) is 15.1. The average molecular weight is 353 g/mol. The zero-order valence-corrected chi connectivity index (χ0v) is 15.1. The van der Waals surface area contributed by atoms with Gasteiger partial charge in [-0.2, -0.15) is 0 Å². The molecule has 3 heteroatoms. The van der Waals surface area contributed by atoms with E-state index in [1.807, 2.05) is 79.0 Å². The molecular formula is C24H19NO2. The van der Waals surface area contributed by atoms with Crippen LogP contribution in [0.4, 0.5) is 0 Å².